The maximum absolute atomic E-state index is 16.1. The van der Waals surface area contributed by atoms with Gasteiger partial charge in [0.1, 0.15) is 5.66 Å². The summed E-state index contributed by atoms with van der Waals surface area (Å²) in [7, 11) is 1.00. The predicted molar refractivity (Wildman–Crippen MR) is 165 cm³/mol. The van der Waals surface area contributed by atoms with E-state index in [0.717, 1.165) is 12.7 Å². The number of ether oxygens (including phenoxy) is 4. The molecule has 12 heteroatoms. The standard InChI is InChI=1S/C27H31FN4O5.C4H7N.CH4O/c1-19(33)23(34-17-20-11-5-2-6-12-20)26(31)24(29,30)18-35-25(36-27(28,32)37-26,21-13-7-3-8-14-21)22-15-9-4-10-16-22;1-2-3-4-5;1-2/h2-16,23H,17-18,29-32H2,1H3;2-4H,1,5H2;2H,1H3/b;4-3-;/t23-,26?,27?;;/m0../s1. The molecule has 1 fully saturated rings. The number of hydrogen-bond donors (Lipinski definition) is 6. The van der Waals surface area contributed by atoms with Crippen LogP contribution >= 0.6 is 0 Å². The fourth-order valence-electron chi connectivity index (χ4n) is 4.34. The number of carbonyl (C=O) groups is 1. The first-order valence-corrected chi connectivity index (χ1v) is 13.5. The molecule has 238 valence electrons. The van der Waals surface area contributed by atoms with E-state index in [0.29, 0.717) is 11.1 Å². The summed E-state index contributed by atoms with van der Waals surface area (Å²) in [4.78, 5) is 12.7. The van der Waals surface area contributed by atoms with Crippen molar-refractivity contribution < 1.29 is 33.2 Å². The third kappa shape index (κ3) is 8.86. The largest absolute Gasteiger partial charge is 0.405 e. The van der Waals surface area contributed by atoms with Crippen LogP contribution in [0.15, 0.2) is 116 Å². The number of alkyl halides is 1. The number of hydrogen-bond acceptors (Lipinski definition) is 11. The van der Waals surface area contributed by atoms with Crippen LogP contribution in [-0.4, -0.2) is 48.3 Å². The number of Topliss-reactive ketones (excluding diaryl/α,β-unsaturated/α-hetero) is 1. The lowest BCUT2D eigenvalue weighted by molar-refractivity contribution is -0.453. The summed E-state index contributed by atoms with van der Waals surface area (Å²) in [6, 6.07) is 26.0. The van der Waals surface area contributed by atoms with Crippen molar-refractivity contribution in [2.45, 2.75) is 43.0 Å². The van der Waals surface area contributed by atoms with Gasteiger partial charge in [0, 0.05) is 18.2 Å². The SMILES string of the molecule is C=C/C=C\N.CC(=O)[C@H](OCc1ccccc1)C1(N)OC(N)(F)OC(c2ccccc2)(c2ccccc2)OCC1(N)N.CO. The molecular formula is C32H42FN5O6. The minimum Gasteiger partial charge on any atom is -0.405 e. The van der Waals surface area contributed by atoms with Crippen LogP contribution in [0.4, 0.5) is 4.39 Å². The molecule has 0 radical (unpaired) electrons. The Balaban J connectivity index is 0.000000876. The molecule has 0 saturated carbocycles. The highest BCUT2D eigenvalue weighted by Crippen LogP contribution is 2.43. The molecule has 0 spiro atoms. The Hall–Kier alpha value is -3.82. The zero-order valence-electron chi connectivity index (χ0n) is 24.8. The minimum absolute atomic E-state index is 0.0625. The smallest absolute Gasteiger partial charge is 0.389 e. The molecule has 4 rings (SSSR count). The molecule has 1 saturated heterocycles. The van der Waals surface area contributed by atoms with E-state index in [-0.39, 0.29) is 6.61 Å². The van der Waals surface area contributed by atoms with Crippen molar-refractivity contribution in [3.8, 4) is 0 Å². The molecule has 11 nitrogen and oxygen atoms in total. The molecule has 0 bridgehead atoms. The molecule has 3 atom stereocenters. The molecule has 1 aliphatic rings. The minimum atomic E-state index is -3.44. The number of ketones is 1. The van der Waals surface area contributed by atoms with Crippen LogP contribution in [0.3, 0.4) is 0 Å². The average molecular weight is 612 g/mol. The Morgan fingerprint density at radius 1 is 0.932 bits per heavy atom. The highest BCUT2D eigenvalue weighted by atomic mass is 19.2. The van der Waals surface area contributed by atoms with Gasteiger partial charge in [-0.2, -0.15) is 4.39 Å². The second kappa shape index (κ2) is 16.3. The van der Waals surface area contributed by atoms with Crippen molar-refractivity contribution in [2.24, 2.45) is 28.7 Å². The number of benzene rings is 3. The van der Waals surface area contributed by atoms with Gasteiger partial charge in [0.25, 0.3) is 0 Å². The van der Waals surface area contributed by atoms with E-state index in [9.17, 15) is 4.79 Å². The molecule has 3 aromatic carbocycles. The topological polar surface area (TPSA) is 204 Å². The first kappa shape index (κ1) is 36.4. The quantitative estimate of drug-likeness (QED) is 0.124. The molecule has 44 heavy (non-hydrogen) atoms. The molecule has 2 unspecified atom stereocenters. The fraction of sp³-hybridized carbons (Fsp3) is 0.281. The lowest BCUT2D eigenvalue weighted by Gasteiger charge is -2.52. The Bertz CT molecular complexity index is 1290. The molecular weight excluding hydrogens is 569 g/mol. The van der Waals surface area contributed by atoms with Crippen molar-refractivity contribution in [3.05, 3.63) is 133 Å². The van der Waals surface area contributed by atoms with Gasteiger partial charge >= 0.3 is 6.16 Å². The maximum atomic E-state index is 16.1. The van der Waals surface area contributed by atoms with Gasteiger partial charge < -0.3 is 31.8 Å². The van der Waals surface area contributed by atoms with Crippen LogP contribution in [0.2, 0.25) is 0 Å². The highest BCUT2D eigenvalue weighted by molar-refractivity contribution is 5.82. The third-order valence-corrected chi connectivity index (χ3v) is 6.41. The second-order valence-corrected chi connectivity index (χ2v) is 9.67. The van der Waals surface area contributed by atoms with Gasteiger partial charge in [0.05, 0.1) is 13.2 Å². The van der Waals surface area contributed by atoms with Gasteiger partial charge in [-0.15, -0.1) is 0 Å². The van der Waals surface area contributed by atoms with E-state index >= 15 is 4.39 Å². The zero-order chi connectivity index (χ0) is 32.9. The van der Waals surface area contributed by atoms with Gasteiger partial charge in [-0.05, 0) is 24.8 Å². The van der Waals surface area contributed by atoms with Crippen LogP contribution in [0, 0.1) is 0 Å². The maximum Gasteiger partial charge on any atom is 0.389 e. The highest BCUT2D eigenvalue weighted by Gasteiger charge is 2.62. The molecule has 11 N–H and O–H groups in total. The molecule has 1 heterocycles. The van der Waals surface area contributed by atoms with Crippen LogP contribution < -0.4 is 28.7 Å². The van der Waals surface area contributed by atoms with Crippen molar-refractivity contribution in [2.75, 3.05) is 13.7 Å². The van der Waals surface area contributed by atoms with Crippen molar-refractivity contribution >= 4 is 5.78 Å². The second-order valence-electron chi connectivity index (χ2n) is 9.67. The molecule has 0 aliphatic carbocycles. The monoisotopic (exact) mass is 611 g/mol. The Morgan fingerprint density at radius 3 is 1.82 bits per heavy atom. The summed E-state index contributed by atoms with van der Waals surface area (Å²) in [6.07, 6.45) is -0.337. The summed E-state index contributed by atoms with van der Waals surface area (Å²) < 4.78 is 39.3. The number of allylic oxidation sites excluding steroid dienone is 2. The lowest BCUT2D eigenvalue weighted by Crippen LogP contribution is -2.83. The van der Waals surface area contributed by atoms with E-state index in [4.69, 9.17) is 52.7 Å². The normalized spacial score (nSPS) is 23.0. The molecule has 3 aromatic rings. The van der Waals surface area contributed by atoms with Crippen LogP contribution in [0.25, 0.3) is 0 Å². The molecule has 1 aliphatic heterocycles. The first-order valence-electron chi connectivity index (χ1n) is 13.5. The zero-order valence-corrected chi connectivity index (χ0v) is 24.8. The van der Waals surface area contributed by atoms with Gasteiger partial charge in [-0.3, -0.25) is 20.0 Å². The van der Waals surface area contributed by atoms with E-state index < -0.39 is 41.8 Å². The predicted octanol–water partition coefficient (Wildman–Crippen LogP) is 2.19. The van der Waals surface area contributed by atoms with Crippen LogP contribution in [-0.2, 0) is 36.1 Å². The molecule has 0 amide bonds. The Kier molecular flexibility index (Phi) is 13.5. The number of carbonyl (C=O) groups excluding carboxylic acids is 1. The molecule has 0 aromatic heterocycles. The van der Waals surface area contributed by atoms with Gasteiger partial charge in [-0.1, -0.05) is 104 Å². The number of nitrogens with two attached hydrogens (primary N) is 5. The summed E-state index contributed by atoms with van der Waals surface area (Å²) >= 11 is 0. The van der Waals surface area contributed by atoms with Gasteiger partial charge in [0.2, 0.25) is 5.79 Å². The summed E-state index contributed by atoms with van der Waals surface area (Å²) in [5, 5.41) is 7.00. The fourth-order valence-corrected chi connectivity index (χ4v) is 4.34. The van der Waals surface area contributed by atoms with E-state index in [1.54, 1.807) is 97.1 Å². The van der Waals surface area contributed by atoms with Crippen molar-refractivity contribution in [1.29, 1.82) is 0 Å². The number of rotatable bonds is 8. The average Bonchev–Trinajstić information content (AvgIpc) is 3.01. The Morgan fingerprint density at radius 2 is 1.41 bits per heavy atom. The number of halogens is 1. The van der Waals surface area contributed by atoms with Gasteiger partial charge in [0.15, 0.2) is 17.6 Å². The van der Waals surface area contributed by atoms with Crippen LogP contribution in [0.1, 0.15) is 23.6 Å². The van der Waals surface area contributed by atoms with Crippen LogP contribution in [0.5, 0.6) is 0 Å². The first-order chi connectivity index (χ1) is 20.9. The van der Waals surface area contributed by atoms with E-state index in [1.165, 1.54) is 13.1 Å². The summed E-state index contributed by atoms with van der Waals surface area (Å²) in [6.45, 7) is 3.97. The van der Waals surface area contributed by atoms with E-state index in [2.05, 4.69) is 6.58 Å². The summed E-state index contributed by atoms with van der Waals surface area (Å²) in [5.74, 6) is -2.54. The number of aliphatic hydroxyl groups is 1. The Labute approximate surface area is 257 Å². The summed E-state index contributed by atoms with van der Waals surface area (Å²) in [5.41, 5.74) is 26.9. The van der Waals surface area contributed by atoms with E-state index in [1.807, 2.05) is 6.07 Å². The van der Waals surface area contributed by atoms with Crippen molar-refractivity contribution in [3.63, 3.8) is 0 Å². The van der Waals surface area contributed by atoms with Crippen molar-refractivity contribution in [1.82, 2.24) is 0 Å². The number of aliphatic hydroxyl groups excluding tert-OH is 1. The lowest BCUT2D eigenvalue weighted by atomic mass is 9.89. The van der Waals surface area contributed by atoms with Gasteiger partial charge in [-0.25, -0.2) is 5.73 Å². The third-order valence-electron chi connectivity index (χ3n) is 6.41.